The Kier molecular flexibility index (Phi) is 6.02. The van der Waals surface area contributed by atoms with Gasteiger partial charge in [0.25, 0.3) is 5.91 Å². The summed E-state index contributed by atoms with van der Waals surface area (Å²) < 4.78 is 5.55. The summed E-state index contributed by atoms with van der Waals surface area (Å²) in [6, 6.07) is 7.05. The average molecular weight is 279 g/mol. The van der Waals surface area contributed by atoms with Crippen LogP contribution in [0.2, 0.25) is 0 Å². The Bertz CT molecular complexity index is 424. The molecule has 4 nitrogen and oxygen atoms in total. The second kappa shape index (κ2) is 7.29. The van der Waals surface area contributed by atoms with Gasteiger partial charge in [-0.1, -0.05) is 13.3 Å². The van der Waals surface area contributed by atoms with Crippen molar-refractivity contribution in [3.05, 3.63) is 29.8 Å². The van der Waals surface area contributed by atoms with Crippen molar-refractivity contribution in [3.8, 4) is 5.75 Å². The third kappa shape index (κ3) is 4.85. The molecule has 0 fully saturated rings. The van der Waals surface area contributed by atoms with Gasteiger partial charge < -0.3 is 15.2 Å². The highest BCUT2D eigenvalue weighted by Gasteiger charge is 2.26. The zero-order valence-electron chi connectivity index (χ0n) is 12.8. The Hall–Kier alpha value is -1.55. The molecule has 1 rings (SSSR count). The number of ether oxygens (including phenoxy) is 1. The molecule has 1 atom stereocenters. The number of amides is 1. The highest BCUT2D eigenvalue weighted by atomic mass is 16.5. The van der Waals surface area contributed by atoms with Gasteiger partial charge in [0.1, 0.15) is 5.75 Å². The summed E-state index contributed by atoms with van der Waals surface area (Å²) in [7, 11) is 0. The molecule has 20 heavy (non-hydrogen) atoms. The number of aliphatic hydroxyl groups excluding tert-OH is 1. The first-order valence-corrected chi connectivity index (χ1v) is 7.10. The lowest BCUT2D eigenvalue weighted by atomic mass is 9.98. The van der Waals surface area contributed by atoms with Crippen LogP contribution in [-0.4, -0.2) is 29.3 Å². The largest absolute Gasteiger partial charge is 0.494 e. The predicted molar refractivity (Wildman–Crippen MR) is 80.1 cm³/mol. The van der Waals surface area contributed by atoms with Gasteiger partial charge in [0.15, 0.2) is 0 Å². The van der Waals surface area contributed by atoms with Crippen LogP contribution < -0.4 is 10.1 Å². The van der Waals surface area contributed by atoms with E-state index in [4.69, 9.17) is 4.74 Å². The topological polar surface area (TPSA) is 58.6 Å². The van der Waals surface area contributed by atoms with E-state index < -0.39 is 11.6 Å². The SMILES string of the molecule is CCCCOc1ccc(C(=O)NC(C)(C)C(C)O)cc1. The molecule has 4 heteroatoms. The number of nitrogens with one attached hydrogen (secondary N) is 1. The van der Waals surface area contributed by atoms with E-state index in [0.29, 0.717) is 12.2 Å². The van der Waals surface area contributed by atoms with Crippen molar-refractivity contribution in [1.29, 1.82) is 0 Å². The molecule has 1 unspecified atom stereocenters. The molecule has 2 N–H and O–H groups in total. The van der Waals surface area contributed by atoms with Gasteiger partial charge in [-0.2, -0.15) is 0 Å². The number of hydrogen-bond acceptors (Lipinski definition) is 3. The van der Waals surface area contributed by atoms with Gasteiger partial charge in [-0.25, -0.2) is 0 Å². The van der Waals surface area contributed by atoms with E-state index in [9.17, 15) is 9.90 Å². The van der Waals surface area contributed by atoms with Gasteiger partial charge in [-0.05, 0) is 51.5 Å². The van der Waals surface area contributed by atoms with Crippen molar-refractivity contribution in [1.82, 2.24) is 5.32 Å². The van der Waals surface area contributed by atoms with Crippen molar-refractivity contribution >= 4 is 5.91 Å². The van der Waals surface area contributed by atoms with E-state index in [0.717, 1.165) is 18.6 Å². The molecule has 0 bridgehead atoms. The van der Waals surface area contributed by atoms with Gasteiger partial charge in [0.05, 0.1) is 18.2 Å². The molecule has 0 heterocycles. The van der Waals surface area contributed by atoms with E-state index in [1.165, 1.54) is 0 Å². The highest BCUT2D eigenvalue weighted by molar-refractivity contribution is 5.94. The summed E-state index contributed by atoms with van der Waals surface area (Å²) in [5.41, 5.74) is -0.102. The fraction of sp³-hybridized carbons (Fsp3) is 0.562. The van der Waals surface area contributed by atoms with Gasteiger partial charge in [0.2, 0.25) is 0 Å². The minimum atomic E-state index is -0.659. The molecule has 1 aromatic carbocycles. The third-order valence-electron chi connectivity index (χ3n) is 3.36. The van der Waals surface area contributed by atoms with Crippen LogP contribution in [0.3, 0.4) is 0 Å². The molecule has 0 radical (unpaired) electrons. The summed E-state index contributed by atoms with van der Waals surface area (Å²) in [6.07, 6.45) is 1.49. The average Bonchev–Trinajstić information content (AvgIpc) is 2.39. The van der Waals surface area contributed by atoms with Gasteiger partial charge in [0, 0.05) is 5.56 Å². The Balaban J connectivity index is 2.62. The maximum Gasteiger partial charge on any atom is 0.251 e. The predicted octanol–water partition coefficient (Wildman–Crippen LogP) is 2.75. The fourth-order valence-electron chi connectivity index (χ4n) is 1.51. The number of aliphatic hydroxyl groups is 1. The first-order valence-electron chi connectivity index (χ1n) is 7.10. The Morgan fingerprint density at radius 1 is 1.35 bits per heavy atom. The lowest BCUT2D eigenvalue weighted by molar-refractivity contribution is 0.0709. The van der Waals surface area contributed by atoms with E-state index in [1.807, 2.05) is 0 Å². The van der Waals surface area contributed by atoms with Crippen LogP contribution >= 0.6 is 0 Å². The van der Waals surface area contributed by atoms with Gasteiger partial charge in [-0.3, -0.25) is 4.79 Å². The fourth-order valence-corrected chi connectivity index (χ4v) is 1.51. The smallest absolute Gasteiger partial charge is 0.251 e. The molecule has 1 amide bonds. The van der Waals surface area contributed by atoms with Crippen LogP contribution in [-0.2, 0) is 0 Å². The number of carbonyl (C=O) groups is 1. The molecule has 0 saturated carbocycles. The summed E-state index contributed by atoms with van der Waals surface area (Å²) in [6.45, 7) is 8.04. The second-order valence-corrected chi connectivity index (χ2v) is 5.58. The lowest BCUT2D eigenvalue weighted by Crippen LogP contribution is -2.50. The highest BCUT2D eigenvalue weighted by Crippen LogP contribution is 2.15. The standard InChI is InChI=1S/C16H25NO3/c1-5-6-11-20-14-9-7-13(8-10-14)15(19)17-16(3,4)12(2)18/h7-10,12,18H,5-6,11H2,1-4H3,(H,17,19). The van der Waals surface area contributed by atoms with Crippen molar-refractivity contribution in [2.24, 2.45) is 0 Å². The van der Waals surface area contributed by atoms with Crippen molar-refractivity contribution in [2.45, 2.75) is 52.2 Å². The molecular weight excluding hydrogens is 254 g/mol. The molecular formula is C16H25NO3. The maximum atomic E-state index is 12.1. The summed E-state index contributed by atoms with van der Waals surface area (Å²) in [5.74, 6) is 0.570. The van der Waals surface area contributed by atoms with Crippen molar-refractivity contribution in [2.75, 3.05) is 6.61 Å². The Morgan fingerprint density at radius 3 is 2.45 bits per heavy atom. The molecule has 0 aliphatic heterocycles. The molecule has 1 aromatic rings. The first kappa shape index (κ1) is 16.5. The lowest BCUT2D eigenvalue weighted by Gasteiger charge is -2.29. The molecule has 0 aliphatic rings. The van der Waals surface area contributed by atoms with Crippen LogP contribution in [0.4, 0.5) is 0 Å². The Labute approximate surface area is 121 Å². The zero-order valence-corrected chi connectivity index (χ0v) is 12.8. The van der Waals surface area contributed by atoms with E-state index in [2.05, 4.69) is 12.2 Å². The summed E-state index contributed by atoms with van der Waals surface area (Å²) in [4.78, 5) is 12.1. The van der Waals surface area contributed by atoms with Crippen LogP contribution in [0.1, 0.15) is 50.9 Å². The van der Waals surface area contributed by atoms with Crippen LogP contribution in [0.15, 0.2) is 24.3 Å². The van der Waals surface area contributed by atoms with Crippen LogP contribution in [0, 0.1) is 0 Å². The molecule has 0 aromatic heterocycles. The number of hydrogen-bond donors (Lipinski definition) is 2. The summed E-state index contributed by atoms with van der Waals surface area (Å²) >= 11 is 0. The second-order valence-electron chi connectivity index (χ2n) is 5.58. The third-order valence-corrected chi connectivity index (χ3v) is 3.36. The van der Waals surface area contributed by atoms with Crippen molar-refractivity contribution in [3.63, 3.8) is 0 Å². The van der Waals surface area contributed by atoms with Crippen LogP contribution in [0.5, 0.6) is 5.75 Å². The Morgan fingerprint density at radius 2 is 1.95 bits per heavy atom. The molecule has 0 aliphatic carbocycles. The number of carbonyl (C=O) groups excluding carboxylic acids is 1. The zero-order chi connectivity index (χ0) is 15.2. The normalized spacial score (nSPS) is 12.8. The van der Waals surface area contributed by atoms with E-state index >= 15 is 0 Å². The molecule has 0 spiro atoms. The minimum Gasteiger partial charge on any atom is -0.494 e. The molecule has 0 saturated heterocycles. The van der Waals surface area contributed by atoms with Crippen molar-refractivity contribution < 1.29 is 14.6 Å². The van der Waals surface area contributed by atoms with Gasteiger partial charge >= 0.3 is 0 Å². The number of unbranched alkanes of at least 4 members (excludes halogenated alkanes) is 1. The minimum absolute atomic E-state index is 0.198. The van der Waals surface area contributed by atoms with Crippen LogP contribution in [0.25, 0.3) is 0 Å². The van der Waals surface area contributed by atoms with E-state index in [-0.39, 0.29) is 5.91 Å². The monoisotopic (exact) mass is 279 g/mol. The maximum absolute atomic E-state index is 12.1. The van der Waals surface area contributed by atoms with Gasteiger partial charge in [-0.15, -0.1) is 0 Å². The number of benzene rings is 1. The summed E-state index contributed by atoms with van der Waals surface area (Å²) in [5, 5.41) is 12.4. The quantitative estimate of drug-likeness (QED) is 0.755. The van der Waals surface area contributed by atoms with E-state index in [1.54, 1.807) is 45.0 Å². The molecule has 112 valence electrons. The first-order chi connectivity index (χ1) is 9.36. The number of rotatable bonds is 7.